The molecule has 0 amide bonds. The number of nitrogens with zero attached hydrogens (tertiary/aromatic N) is 2. The number of hydrogen-bond donors (Lipinski definition) is 0. The van der Waals surface area contributed by atoms with Crippen LogP contribution in [-0.4, -0.2) is 22.3 Å². The van der Waals surface area contributed by atoms with Crippen molar-refractivity contribution >= 4 is 39.3 Å². The van der Waals surface area contributed by atoms with Gasteiger partial charge in [-0.05, 0) is 53.0 Å². The van der Waals surface area contributed by atoms with E-state index < -0.39 is 0 Å². The van der Waals surface area contributed by atoms with Crippen LogP contribution in [0.2, 0.25) is 5.02 Å². The smallest absolute Gasteiger partial charge is 0.187 e. The third-order valence-electron chi connectivity index (χ3n) is 2.50. The Morgan fingerprint density at radius 1 is 1.30 bits per heavy atom. The van der Waals surface area contributed by atoms with Crippen molar-refractivity contribution in [3.8, 4) is 5.75 Å². The topological polar surface area (TPSA) is 35.0 Å². The van der Waals surface area contributed by atoms with Crippen molar-refractivity contribution in [3.63, 3.8) is 0 Å². The van der Waals surface area contributed by atoms with Gasteiger partial charge in [-0.25, -0.2) is 9.97 Å². The molecule has 0 fully saturated rings. The maximum atomic E-state index is 5.97. The predicted octanol–water partition coefficient (Wildman–Crippen LogP) is 4.76. The standard InChI is InChI=1S/C14H14BrClN2OS/c1-10-8-11(16)9-12(15)13(10)19-6-3-7-20-14-17-4-2-5-18-14/h2,4-5,8-9H,3,6-7H2,1H3. The summed E-state index contributed by atoms with van der Waals surface area (Å²) in [6.07, 6.45) is 4.43. The van der Waals surface area contributed by atoms with Gasteiger partial charge in [0.1, 0.15) is 5.75 Å². The van der Waals surface area contributed by atoms with Gasteiger partial charge in [0, 0.05) is 23.2 Å². The Bertz CT molecular complexity index is 545. The zero-order chi connectivity index (χ0) is 14.4. The van der Waals surface area contributed by atoms with Crippen molar-refractivity contribution in [1.29, 1.82) is 0 Å². The van der Waals surface area contributed by atoms with E-state index in [0.29, 0.717) is 11.6 Å². The van der Waals surface area contributed by atoms with Crippen LogP contribution in [0.15, 0.2) is 40.2 Å². The molecular weight excluding hydrogens is 360 g/mol. The summed E-state index contributed by atoms with van der Waals surface area (Å²) < 4.78 is 6.69. The van der Waals surface area contributed by atoms with E-state index in [-0.39, 0.29) is 0 Å². The van der Waals surface area contributed by atoms with Gasteiger partial charge in [0.25, 0.3) is 0 Å². The second-order valence-corrected chi connectivity index (χ2v) is 6.47. The summed E-state index contributed by atoms with van der Waals surface area (Å²) >= 11 is 11.1. The zero-order valence-electron chi connectivity index (χ0n) is 11.0. The van der Waals surface area contributed by atoms with Crippen molar-refractivity contribution < 1.29 is 4.74 Å². The molecule has 0 atom stereocenters. The molecule has 20 heavy (non-hydrogen) atoms. The highest BCUT2D eigenvalue weighted by Gasteiger charge is 2.07. The summed E-state index contributed by atoms with van der Waals surface area (Å²) in [5.74, 6) is 1.78. The first-order chi connectivity index (χ1) is 9.66. The SMILES string of the molecule is Cc1cc(Cl)cc(Br)c1OCCCSc1ncccn1. The van der Waals surface area contributed by atoms with E-state index in [4.69, 9.17) is 16.3 Å². The largest absolute Gasteiger partial charge is 0.492 e. The van der Waals surface area contributed by atoms with Gasteiger partial charge in [-0.15, -0.1) is 0 Å². The second kappa shape index (κ2) is 7.86. The molecule has 0 saturated carbocycles. The van der Waals surface area contributed by atoms with Crippen LogP contribution in [0.1, 0.15) is 12.0 Å². The van der Waals surface area contributed by atoms with E-state index in [9.17, 15) is 0 Å². The van der Waals surface area contributed by atoms with Crippen LogP contribution in [0.3, 0.4) is 0 Å². The number of hydrogen-bond acceptors (Lipinski definition) is 4. The van der Waals surface area contributed by atoms with Crippen molar-refractivity contribution in [2.24, 2.45) is 0 Å². The normalized spacial score (nSPS) is 10.6. The highest BCUT2D eigenvalue weighted by Crippen LogP contribution is 2.32. The summed E-state index contributed by atoms with van der Waals surface area (Å²) in [7, 11) is 0. The molecule has 0 aliphatic heterocycles. The number of benzene rings is 1. The van der Waals surface area contributed by atoms with E-state index in [2.05, 4.69) is 25.9 Å². The van der Waals surface area contributed by atoms with E-state index in [0.717, 1.165) is 33.1 Å². The van der Waals surface area contributed by atoms with Crippen molar-refractivity contribution in [2.75, 3.05) is 12.4 Å². The quantitative estimate of drug-likeness (QED) is 0.415. The van der Waals surface area contributed by atoms with Gasteiger partial charge in [0.2, 0.25) is 0 Å². The van der Waals surface area contributed by atoms with Gasteiger partial charge in [-0.3, -0.25) is 0 Å². The van der Waals surface area contributed by atoms with Crippen molar-refractivity contribution in [1.82, 2.24) is 9.97 Å². The van der Waals surface area contributed by atoms with Gasteiger partial charge in [0.05, 0.1) is 11.1 Å². The van der Waals surface area contributed by atoms with E-state index >= 15 is 0 Å². The molecule has 1 heterocycles. The van der Waals surface area contributed by atoms with E-state index in [1.165, 1.54) is 0 Å². The lowest BCUT2D eigenvalue weighted by molar-refractivity contribution is 0.314. The van der Waals surface area contributed by atoms with Gasteiger partial charge in [0.15, 0.2) is 5.16 Å². The lowest BCUT2D eigenvalue weighted by atomic mass is 10.2. The van der Waals surface area contributed by atoms with Crippen LogP contribution in [0.4, 0.5) is 0 Å². The van der Waals surface area contributed by atoms with Crippen molar-refractivity contribution in [3.05, 3.63) is 45.7 Å². The van der Waals surface area contributed by atoms with Crippen LogP contribution < -0.4 is 4.74 Å². The lowest BCUT2D eigenvalue weighted by Crippen LogP contribution is -2.01. The highest BCUT2D eigenvalue weighted by molar-refractivity contribution is 9.10. The molecule has 106 valence electrons. The van der Waals surface area contributed by atoms with E-state index in [1.54, 1.807) is 24.2 Å². The van der Waals surface area contributed by atoms with Gasteiger partial charge < -0.3 is 4.74 Å². The summed E-state index contributed by atoms with van der Waals surface area (Å²) in [4.78, 5) is 8.32. The molecule has 0 bridgehead atoms. The lowest BCUT2D eigenvalue weighted by Gasteiger charge is -2.11. The van der Waals surface area contributed by atoms with Crippen molar-refractivity contribution in [2.45, 2.75) is 18.5 Å². The predicted molar refractivity (Wildman–Crippen MR) is 86.8 cm³/mol. The monoisotopic (exact) mass is 372 g/mol. The van der Waals surface area contributed by atoms with Crippen LogP contribution in [-0.2, 0) is 0 Å². The van der Waals surface area contributed by atoms with Gasteiger partial charge >= 0.3 is 0 Å². The number of aromatic nitrogens is 2. The molecule has 0 unspecified atom stereocenters. The highest BCUT2D eigenvalue weighted by atomic mass is 79.9. The third-order valence-corrected chi connectivity index (χ3v) is 4.27. The summed E-state index contributed by atoms with van der Waals surface area (Å²) in [5, 5.41) is 1.51. The molecule has 6 heteroatoms. The number of halogens is 2. The summed E-state index contributed by atoms with van der Waals surface area (Å²) in [6, 6.07) is 5.55. The number of thioether (sulfide) groups is 1. The first-order valence-electron chi connectivity index (χ1n) is 6.15. The Morgan fingerprint density at radius 2 is 2.05 bits per heavy atom. The molecule has 2 rings (SSSR count). The number of rotatable bonds is 6. The fourth-order valence-electron chi connectivity index (χ4n) is 1.63. The fourth-order valence-corrected chi connectivity index (χ4v) is 3.42. The Hall–Kier alpha value is -0.780. The molecule has 0 spiro atoms. The minimum atomic E-state index is 0.654. The molecule has 0 radical (unpaired) electrons. The number of ether oxygens (including phenoxy) is 1. The fraction of sp³-hybridized carbons (Fsp3) is 0.286. The second-order valence-electron chi connectivity index (χ2n) is 4.12. The Morgan fingerprint density at radius 3 is 2.75 bits per heavy atom. The molecule has 0 aliphatic carbocycles. The van der Waals surface area contributed by atoms with Gasteiger partial charge in [-0.2, -0.15) is 0 Å². The molecule has 0 N–H and O–H groups in total. The van der Waals surface area contributed by atoms with Gasteiger partial charge in [-0.1, -0.05) is 23.4 Å². The maximum Gasteiger partial charge on any atom is 0.187 e. The van der Waals surface area contributed by atoms with Crippen LogP contribution >= 0.6 is 39.3 Å². The first-order valence-corrected chi connectivity index (χ1v) is 8.31. The molecular formula is C14H14BrClN2OS. The Balaban J connectivity index is 1.76. The van der Waals surface area contributed by atoms with Crippen LogP contribution in [0.25, 0.3) is 0 Å². The van der Waals surface area contributed by atoms with Crippen LogP contribution in [0, 0.1) is 6.92 Å². The molecule has 3 nitrogen and oxygen atoms in total. The van der Waals surface area contributed by atoms with E-state index in [1.807, 2.05) is 25.1 Å². The molecule has 2 aromatic rings. The minimum Gasteiger partial charge on any atom is -0.492 e. The molecule has 1 aromatic heterocycles. The Labute approximate surface area is 136 Å². The molecule has 1 aromatic carbocycles. The third kappa shape index (κ3) is 4.65. The average molecular weight is 374 g/mol. The summed E-state index contributed by atoms with van der Waals surface area (Å²) in [5.41, 5.74) is 1.03. The number of aryl methyl sites for hydroxylation is 1. The maximum absolute atomic E-state index is 5.97. The zero-order valence-corrected chi connectivity index (χ0v) is 14.1. The first kappa shape index (κ1) is 15.6. The minimum absolute atomic E-state index is 0.654. The summed E-state index contributed by atoms with van der Waals surface area (Å²) in [6.45, 7) is 2.64. The molecule has 0 aliphatic rings. The average Bonchev–Trinajstić information content (AvgIpc) is 2.42. The van der Waals surface area contributed by atoms with Crippen LogP contribution in [0.5, 0.6) is 5.75 Å². The Kier molecular flexibility index (Phi) is 6.13. The molecule has 0 saturated heterocycles.